The summed E-state index contributed by atoms with van der Waals surface area (Å²) in [5, 5.41) is 14.0. The molecule has 0 saturated heterocycles. The molecule has 2 atom stereocenters. The van der Waals surface area contributed by atoms with E-state index < -0.39 is 0 Å². The maximum Gasteiger partial charge on any atom is 0.230 e. The molecule has 1 saturated carbocycles. The highest BCUT2D eigenvalue weighted by molar-refractivity contribution is 7.99. The first kappa shape index (κ1) is 25.0. The van der Waals surface area contributed by atoms with Gasteiger partial charge in [-0.25, -0.2) is 9.97 Å². The van der Waals surface area contributed by atoms with Crippen LogP contribution in [-0.2, 0) is 10.5 Å². The average Bonchev–Trinajstić information content (AvgIpc) is 3.20. The maximum atomic E-state index is 12.7. The summed E-state index contributed by atoms with van der Waals surface area (Å²) in [5.74, 6) is 2.13. The zero-order chi connectivity index (χ0) is 24.1. The van der Waals surface area contributed by atoms with Gasteiger partial charge in [0.15, 0.2) is 10.3 Å². The fraction of sp³-hybridized carbons (Fsp3) is 0.458. The van der Waals surface area contributed by atoms with Crippen LogP contribution < -0.4 is 5.32 Å². The average molecular weight is 517 g/mol. The van der Waals surface area contributed by atoms with E-state index in [9.17, 15) is 4.79 Å². The lowest BCUT2D eigenvalue weighted by molar-refractivity contribution is -0.119. The number of aryl methyl sites for hydroxylation is 2. The summed E-state index contributed by atoms with van der Waals surface area (Å²) in [6, 6.07) is 9.78. The van der Waals surface area contributed by atoms with E-state index in [2.05, 4.69) is 32.4 Å². The molecule has 1 aliphatic rings. The van der Waals surface area contributed by atoms with Crippen LogP contribution in [0.25, 0.3) is 5.69 Å². The van der Waals surface area contributed by atoms with Gasteiger partial charge >= 0.3 is 0 Å². The van der Waals surface area contributed by atoms with Crippen LogP contribution in [0.3, 0.4) is 0 Å². The summed E-state index contributed by atoms with van der Waals surface area (Å²) in [4.78, 5) is 21.7. The highest BCUT2D eigenvalue weighted by Gasteiger charge is 2.23. The number of amides is 1. The van der Waals surface area contributed by atoms with Gasteiger partial charge < -0.3 is 5.32 Å². The van der Waals surface area contributed by atoms with Crippen molar-refractivity contribution in [1.82, 2.24) is 30.0 Å². The Morgan fingerprint density at radius 3 is 2.62 bits per heavy atom. The van der Waals surface area contributed by atoms with Crippen LogP contribution in [0.2, 0.25) is 5.02 Å². The van der Waals surface area contributed by atoms with E-state index in [1.165, 1.54) is 42.8 Å². The van der Waals surface area contributed by atoms with Crippen molar-refractivity contribution in [1.29, 1.82) is 0 Å². The number of carbonyl (C=O) groups is 1. The van der Waals surface area contributed by atoms with Gasteiger partial charge in [-0.2, -0.15) is 0 Å². The Bertz CT molecular complexity index is 1130. The number of nitrogens with zero attached hydrogens (tertiary/aromatic N) is 5. The van der Waals surface area contributed by atoms with Crippen molar-refractivity contribution >= 4 is 41.0 Å². The first-order valence-corrected chi connectivity index (χ1v) is 13.8. The van der Waals surface area contributed by atoms with E-state index >= 15 is 0 Å². The Hall–Kier alpha value is -2.10. The Morgan fingerprint density at radius 1 is 1.12 bits per heavy atom. The lowest BCUT2D eigenvalue weighted by Crippen LogP contribution is -2.41. The molecule has 2 unspecified atom stereocenters. The predicted octanol–water partition coefficient (Wildman–Crippen LogP) is 5.41. The molecule has 1 amide bonds. The molecule has 0 spiro atoms. The fourth-order valence-corrected chi connectivity index (χ4v) is 5.99. The quantitative estimate of drug-likeness (QED) is 0.316. The molecule has 1 aromatic carbocycles. The van der Waals surface area contributed by atoms with Crippen LogP contribution in [0.15, 0.2) is 40.6 Å². The molecule has 34 heavy (non-hydrogen) atoms. The van der Waals surface area contributed by atoms with Crippen LogP contribution in [0.1, 0.15) is 49.8 Å². The number of nitrogens with one attached hydrogen (secondary N) is 1. The third-order valence-corrected chi connectivity index (χ3v) is 7.86. The molecular weight excluding hydrogens is 488 g/mol. The van der Waals surface area contributed by atoms with Crippen molar-refractivity contribution in [2.45, 2.75) is 68.6 Å². The Labute approximate surface area is 213 Å². The fourth-order valence-electron chi connectivity index (χ4n) is 4.16. The van der Waals surface area contributed by atoms with Crippen molar-refractivity contribution in [2.75, 3.05) is 5.75 Å². The highest BCUT2D eigenvalue weighted by Crippen LogP contribution is 2.28. The second-order valence-corrected chi connectivity index (χ2v) is 11.0. The summed E-state index contributed by atoms with van der Waals surface area (Å²) in [5.41, 5.74) is 2.72. The number of carbonyl (C=O) groups excluding carboxylic acids is 1. The molecule has 0 radical (unpaired) electrons. The number of thioether (sulfide) groups is 2. The van der Waals surface area contributed by atoms with E-state index in [4.69, 9.17) is 11.6 Å². The van der Waals surface area contributed by atoms with Crippen LogP contribution >= 0.6 is 35.1 Å². The smallest absolute Gasteiger partial charge is 0.230 e. The molecule has 1 aliphatic carbocycles. The first-order chi connectivity index (χ1) is 16.4. The van der Waals surface area contributed by atoms with Crippen LogP contribution in [0.5, 0.6) is 0 Å². The third kappa shape index (κ3) is 6.52. The molecule has 7 nitrogen and oxygen atoms in total. The third-order valence-electron chi connectivity index (χ3n) is 5.85. The van der Waals surface area contributed by atoms with Crippen LogP contribution in [0.4, 0.5) is 0 Å². The predicted molar refractivity (Wildman–Crippen MR) is 138 cm³/mol. The number of hydrogen-bond acceptors (Lipinski definition) is 7. The van der Waals surface area contributed by atoms with Gasteiger partial charge in [0.1, 0.15) is 5.82 Å². The normalized spacial score (nSPS) is 18.1. The van der Waals surface area contributed by atoms with Gasteiger partial charge in [0.05, 0.1) is 17.2 Å². The molecule has 0 aliphatic heterocycles. The Morgan fingerprint density at radius 2 is 1.88 bits per heavy atom. The second kappa shape index (κ2) is 11.6. The Balaban J connectivity index is 1.50. The summed E-state index contributed by atoms with van der Waals surface area (Å²) in [6.45, 7) is 6.14. The summed E-state index contributed by atoms with van der Waals surface area (Å²) in [6.07, 6.45) is 4.65. The van der Waals surface area contributed by atoms with E-state index in [0.717, 1.165) is 29.3 Å². The minimum atomic E-state index is 0.0314. The molecule has 1 fully saturated rings. The summed E-state index contributed by atoms with van der Waals surface area (Å²) < 4.78 is 1.96. The molecule has 10 heteroatoms. The van der Waals surface area contributed by atoms with Crippen LogP contribution in [-0.4, -0.2) is 42.4 Å². The van der Waals surface area contributed by atoms with E-state index in [1.54, 1.807) is 0 Å². The van der Waals surface area contributed by atoms with Crippen molar-refractivity contribution in [3.05, 3.63) is 52.6 Å². The molecule has 1 N–H and O–H groups in total. The monoisotopic (exact) mass is 516 g/mol. The van der Waals surface area contributed by atoms with E-state index in [1.807, 2.05) is 48.7 Å². The topological polar surface area (TPSA) is 85.6 Å². The molecule has 2 aromatic heterocycles. The number of rotatable bonds is 8. The molecule has 4 rings (SSSR count). The molecule has 2 heterocycles. The SMILES string of the molecule is Cc1cc(C)nc(SCc2nnc(SCC(=O)NC3CCCCC3C)n2-c2cccc(Cl)c2)n1. The van der Waals surface area contributed by atoms with Gasteiger partial charge in [-0.05, 0) is 56.9 Å². The molecule has 3 aromatic rings. The zero-order valence-electron chi connectivity index (χ0n) is 19.6. The van der Waals surface area contributed by atoms with E-state index in [0.29, 0.717) is 27.0 Å². The first-order valence-electron chi connectivity index (χ1n) is 11.5. The lowest BCUT2D eigenvalue weighted by Gasteiger charge is -2.29. The van der Waals surface area contributed by atoms with Crippen molar-refractivity contribution in [3.63, 3.8) is 0 Å². The van der Waals surface area contributed by atoms with Crippen molar-refractivity contribution < 1.29 is 4.79 Å². The van der Waals surface area contributed by atoms with Crippen molar-refractivity contribution in [2.24, 2.45) is 5.92 Å². The summed E-state index contributed by atoms with van der Waals surface area (Å²) >= 11 is 9.17. The van der Waals surface area contributed by atoms with E-state index in [-0.39, 0.29) is 17.7 Å². The van der Waals surface area contributed by atoms with Crippen LogP contribution in [0, 0.1) is 19.8 Å². The minimum Gasteiger partial charge on any atom is -0.352 e. The minimum absolute atomic E-state index is 0.0314. The molecular formula is C24H29ClN6OS2. The maximum absolute atomic E-state index is 12.7. The van der Waals surface area contributed by atoms with Gasteiger partial charge in [0, 0.05) is 22.5 Å². The standard InChI is InChI=1S/C24H29ClN6OS2/c1-15-7-4-5-10-20(15)28-22(32)14-34-24-30-29-21(31(24)19-9-6-8-18(25)12-19)13-33-23-26-16(2)11-17(3)27-23/h6,8-9,11-12,15,20H,4-5,7,10,13-14H2,1-3H3,(H,28,32). The van der Waals surface area contributed by atoms with Gasteiger partial charge in [-0.15, -0.1) is 10.2 Å². The van der Waals surface area contributed by atoms with Gasteiger partial charge in [0.2, 0.25) is 5.91 Å². The summed E-state index contributed by atoms with van der Waals surface area (Å²) in [7, 11) is 0. The molecule has 180 valence electrons. The number of benzene rings is 1. The van der Waals surface area contributed by atoms with Gasteiger partial charge in [-0.1, -0.05) is 61.0 Å². The zero-order valence-corrected chi connectivity index (χ0v) is 22.0. The van der Waals surface area contributed by atoms with Crippen molar-refractivity contribution in [3.8, 4) is 5.69 Å². The number of halogens is 1. The van der Waals surface area contributed by atoms with Gasteiger partial charge in [0.25, 0.3) is 0 Å². The Kier molecular flexibility index (Phi) is 8.50. The number of hydrogen-bond donors (Lipinski definition) is 1. The van der Waals surface area contributed by atoms with Gasteiger partial charge in [-0.3, -0.25) is 9.36 Å². The lowest BCUT2D eigenvalue weighted by atomic mass is 9.86. The number of aromatic nitrogens is 5. The second-order valence-electron chi connectivity index (χ2n) is 8.66. The largest absolute Gasteiger partial charge is 0.352 e. The highest BCUT2D eigenvalue weighted by atomic mass is 35.5. The molecule has 0 bridgehead atoms.